The number of carbonyl (C=O) groups excluding carboxylic acids is 3. The zero-order chi connectivity index (χ0) is 29.7. The number of nitrogens with one attached hydrogen (secondary N) is 4. The number of guanidine groups is 1. The van der Waals surface area contributed by atoms with Crippen LogP contribution in [0.3, 0.4) is 0 Å². The minimum absolute atomic E-state index is 0.0434. The van der Waals surface area contributed by atoms with E-state index in [9.17, 15) is 24.3 Å². The van der Waals surface area contributed by atoms with E-state index in [1.165, 1.54) is 12.5 Å². The lowest BCUT2D eigenvalue weighted by Crippen LogP contribution is -2.58. The Bertz CT molecular complexity index is 1130. The second-order valence-electron chi connectivity index (χ2n) is 9.72. The molecule has 11 N–H and O–H groups in total. The molecule has 4 atom stereocenters. The van der Waals surface area contributed by atoms with Crippen LogP contribution in [0.25, 0.3) is 0 Å². The lowest BCUT2D eigenvalue weighted by molar-refractivity contribution is -0.143. The highest BCUT2D eigenvalue weighted by Crippen LogP contribution is 2.08. The molecule has 4 unspecified atom stereocenters. The van der Waals surface area contributed by atoms with Crippen LogP contribution in [0.4, 0.5) is 0 Å². The molecule has 0 radical (unpaired) electrons. The van der Waals surface area contributed by atoms with Gasteiger partial charge in [-0.05, 0) is 24.3 Å². The first-order chi connectivity index (χ1) is 19.0. The summed E-state index contributed by atoms with van der Waals surface area (Å²) in [7, 11) is 0. The molecule has 2 aromatic rings. The normalized spacial score (nSPS) is 13.9. The summed E-state index contributed by atoms with van der Waals surface area (Å²) in [6, 6.07) is 4.65. The van der Waals surface area contributed by atoms with Crippen molar-refractivity contribution >= 4 is 29.7 Å². The van der Waals surface area contributed by atoms with Crippen LogP contribution in [-0.2, 0) is 32.0 Å². The van der Waals surface area contributed by atoms with E-state index in [1.807, 2.05) is 6.07 Å². The van der Waals surface area contributed by atoms with E-state index >= 15 is 0 Å². The van der Waals surface area contributed by atoms with E-state index in [0.717, 1.165) is 5.56 Å². The summed E-state index contributed by atoms with van der Waals surface area (Å²) in [5.41, 5.74) is 17.9. The number of aromatic amines is 1. The summed E-state index contributed by atoms with van der Waals surface area (Å²) >= 11 is 0. The van der Waals surface area contributed by atoms with Crippen molar-refractivity contribution in [3.8, 4) is 0 Å². The maximum Gasteiger partial charge on any atom is 0.326 e. The number of nitrogens with zero attached hydrogens (tertiary/aromatic N) is 2. The van der Waals surface area contributed by atoms with Gasteiger partial charge in [-0.1, -0.05) is 44.2 Å². The van der Waals surface area contributed by atoms with Crippen molar-refractivity contribution in [2.24, 2.45) is 28.1 Å². The Labute approximate surface area is 232 Å². The van der Waals surface area contributed by atoms with Gasteiger partial charge in [0, 0.05) is 31.3 Å². The molecule has 0 aliphatic carbocycles. The molecule has 218 valence electrons. The predicted molar refractivity (Wildman–Crippen MR) is 149 cm³/mol. The number of aromatic nitrogens is 2. The maximum atomic E-state index is 13.5. The van der Waals surface area contributed by atoms with E-state index in [0.29, 0.717) is 18.7 Å². The molecular weight excluding hydrogens is 518 g/mol. The Kier molecular flexibility index (Phi) is 12.6. The molecule has 14 nitrogen and oxygen atoms in total. The van der Waals surface area contributed by atoms with Crippen LogP contribution in [0, 0.1) is 5.92 Å². The average Bonchev–Trinajstić information content (AvgIpc) is 3.41. The van der Waals surface area contributed by atoms with E-state index in [1.54, 1.807) is 38.1 Å². The maximum absolute atomic E-state index is 13.5. The quantitative estimate of drug-likeness (QED) is 0.0698. The van der Waals surface area contributed by atoms with E-state index in [2.05, 4.69) is 30.9 Å². The number of hydrogen-bond donors (Lipinski definition) is 8. The van der Waals surface area contributed by atoms with Gasteiger partial charge < -0.3 is 43.2 Å². The SMILES string of the molecule is CC(C)C(NC(=O)C(Cc1ccccc1)NC(=O)C(Cc1cnc[nH]1)NC(=O)C(N)CCCN=C(N)N)C(=O)O. The van der Waals surface area contributed by atoms with Gasteiger partial charge in [-0.15, -0.1) is 0 Å². The Morgan fingerprint density at radius 3 is 2.17 bits per heavy atom. The molecule has 0 fully saturated rings. The smallest absolute Gasteiger partial charge is 0.326 e. The van der Waals surface area contributed by atoms with E-state index < -0.39 is 53.8 Å². The van der Waals surface area contributed by atoms with Crippen molar-refractivity contribution in [1.29, 1.82) is 0 Å². The highest BCUT2D eigenvalue weighted by molar-refractivity contribution is 5.94. The van der Waals surface area contributed by atoms with Crippen LogP contribution in [0.2, 0.25) is 0 Å². The average molecular weight is 558 g/mol. The Balaban J connectivity index is 2.21. The van der Waals surface area contributed by atoms with Crippen molar-refractivity contribution in [2.45, 2.75) is 63.7 Å². The number of benzene rings is 1. The molecule has 40 heavy (non-hydrogen) atoms. The summed E-state index contributed by atoms with van der Waals surface area (Å²) < 4.78 is 0. The fraction of sp³-hybridized carbons (Fsp3) is 0.462. The summed E-state index contributed by atoms with van der Waals surface area (Å²) in [4.78, 5) is 61.9. The highest BCUT2D eigenvalue weighted by Gasteiger charge is 2.31. The van der Waals surface area contributed by atoms with Crippen LogP contribution in [0.5, 0.6) is 0 Å². The third-order valence-electron chi connectivity index (χ3n) is 6.06. The zero-order valence-corrected chi connectivity index (χ0v) is 22.7. The monoisotopic (exact) mass is 557 g/mol. The minimum atomic E-state index is -1.19. The number of rotatable bonds is 16. The third-order valence-corrected chi connectivity index (χ3v) is 6.06. The number of carbonyl (C=O) groups is 4. The molecule has 3 amide bonds. The van der Waals surface area contributed by atoms with Gasteiger partial charge in [-0.3, -0.25) is 19.4 Å². The number of amides is 3. The Morgan fingerprint density at radius 2 is 1.60 bits per heavy atom. The standard InChI is InChI=1S/C26H39N9O5/c1-15(2)21(25(39)40)35-24(38)19(11-16-7-4-3-5-8-16)34-23(37)20(12-17-13-30-14-32-17)33-22(36)18(27)9-6-10-31-26(28)29/h3-5,7-8,13-15,18-21H,6,9-12,27H2,1-2H3,(H,30,32)(H,33,36)(H,34,37)(H,35,38)(H,39,40)(H4,28,29,31). The lowest BCUT2D eigenvalue weighted by atomic mass is 10.0. The first kappa shape index (κ1) is 31.8. The molecule has 0 aliphatic heterocycles. The van der Waals surface area contributed by atoms with Crippen LogP contribution in [0.1, 0.15) is 37.9 Å². The number of nitrogens with two attached hydrogens (primary N) is 3. The van der Waals surface area contributed by atoms with Crippen molar-refractivity contribution in [1.82, 2.24) is 25.9 Å². The second-order valence-corrected chi connectivity index (χ2v) is 9.72. The molecule has 1 aromatic heterocycles. The molecule has 0 aliphatic rings. The molecule has 14 heteroatoms. The first-order valence-electron chi connectivity index (χ1n) is 12.9. The lowest BCUT2D eigenvalue weighted by Gasteiger charge is -2.26. The second kappa shape index (κ2) is 15.8. The number of hydrogen-bond acceptors (Lipinski definition) is 7. The van der Waals surface area contributed by atoms with Crippen molar-refractivity contribution in [2.75, 3.05) is 6.54 Å². The summed E-state index contributed by atoms with van der Waals surface area (Å²) in [5, 5.41) is 17.4. The van der Waals surface area contributed by atoms with Gasteiger partial charge >= 0.3 is 5.97 Å². The molecule has 1 aromatic carbocycles. The largest absolute Gasteiger partial charge is 0.480 e. The van der Waals surface area contributed by atoms with Gasteiger partial charge in [0.2, 0.25) is 17.7 Å². The minimum Gasteiger partial charge on any atom is -0.480 e. The van der Waals surface area contributed by atoms with Gasteiger partial charge in [-0.25, -0.2) is 9.78 Å². The Morgan fingerprint density at radius 1 is 0.975 bits per heavy atom. The Hall–Kier alpha value is -4.46. The summed E-state index contributed by atoms with van der Waals surface area (Å²) in [5.74, 6) is -3.53. The van der Waals surface area contributed by atoms with Gasteiger partial charge in [0.15, 0.2) is 5.96 Å². The highest BCUT2D eigenvalue weighted by atomic mass is 16.4. The fourth-order valence-corrected chi connectivity index (χ4v) is 3.85. The van der Waals surface area contributed by atoms with Gasteiger partial charge in [-0.2, -0.15) is 0 Å². The van der Waals surface area contributed by atoms with Gasteiger partial charge in [0.05, 0.1) is 12.4 Å². The van der Waals surface area contributed by atoms with E-state index in [4.69, 9.17) is 17.2 Å². The number of aliphatic imine (C=N–C) groups is 1. The molecule has 0 saturated heterocycles. The van der Waals surface area contributed by atoms with Crippen molar-refractivity contribution < 1.29 is 24.3 Å². The van der Waals surface area contributed by atoms with Gasteiger partial charge in [0.25, 0.3) is 0 Å². The molecule has 2 rings (SSSR count). The van der Waals surface area contributed by atoms with Crippen LogP contribution < -0.4 is 33.2 Å². The third kappa shape index (κ3) is 10.7. The molecule has 1 heterocycles. The van der Waals surface area contributed by atoms with Crippen LogP contribution in [-0.4, -0.2) is 75.4 Å². The number of H-pyrrole nitrogens is 1. The molecular formula is C26H39N9O5. The van der Waals surface area contributed by atoms with E-state index in [-0.39, 0.29) is 25.2 Å². The molecule has 0 spiro atoms. The predicted octanol–water partition coefficient (Wildman–Crippen LogP) is -1.23. The fourth-order valence-electron chi connectivity index (χ4n) is 3.85. The topological polar surface area (TPSA) is 244 Å². The summed E-state index contributed by atoms with van der Waals surface area (Å²) in [6.07, 6.45) is 3.80. The number of aliphatic carboxylic acids is 1. The van der Waals surface area contributed by atoms with Crippen LogP contribution >= 0.6 is 0 Å². The summed E-state index contributed by atoms with van der Waals surface area (Å²) in [6.45, 7) is 3.63. The molecule has 0 bridgehead atoms. The molecule has 0 saturated carbocycles. The number of carboxylic acid groups (broad SMARTS) is 1. The van der Waals surface area contributed by atoms with Crippen molar-refractivity contribution in [3.63, 3.8) is 0 Å². The zero-order valence-electron chi connectivity index (χ0n) is 22.7. The van der Waals surface area contributed by atoms with Crippen molar-refractivity contribution in [3.05, 3.63) is 54.1 Å². The first-order valence-corrected chi connectivity index (χ1v) is 12.9. The number of carboxylic acids is 1. The number of imidazole rings is 1. The van der Waals surface area contributed by atoms with Crippen LogP contribution in [0.15, 0.2) is 47.8 Å². The van der Waals surface area contributed by atoms with Gasteiger partial charge in [0.1, 0.15) is 18.1 Å².